The second-order valence-corrected chi connectivity index (χ2v) is 2.89. The first-order chi connectivity index (χ1) is 6.83. The number of aromatic nitrogens is 1. The van der Waals surface area contributed by atoms with Crippen molar-refractivity contribution in [1.82, 2.24) is 10.3 Å². The maximum absolute atomic E-state index is 10.9. The van der Waals surface area contributed by atoms with E-state index >= 15 is 0 Å². The molecule has 0 saturated heterocycles. The average Bonchev–Trinajstić information content (AvgIpc) is 2.20. The van der Waals surface area contributed by atoms with Crippen LogP contribution in [0.3, 0.4) is 0 Å². The zero-order valence-electron chi connectivity index (χ0n) is 7.94. The lowest BCUT2D eigenvalue weighted by atomic mass is 10.2. The molecule has 0 radical (unpaired) electrons. The lowest BCUT2D eigenvalue weighted by Gasteiger charge is -2.02. The van der Waals surface area contributed by atoms with Crippen LogP contribution < -0.4 is 5.32 Å². The van der Waals surface area contributed by atoms with Crippen molar-refractivity contribution in [2.75, 3.05) is 13.2 Å². The molecule has 0 fully saturated rings. The highest BCUT2D eigenvalue weighted by Gasteiger charge is 1.98. The number of aliphatic hydroxyl groups excluding tert-OH is 1. The largest absolute Gasteiger partial charge is 0.396 e. The third-order valence-electron chi connectivity index (χ3n) is 1.77. The molecule has 0 atom stereocenters. The van der Waals surface area contributed by atoms with Gasteiger partial charge in [0, 0.05) is 31.3 Å². The van der Waals surface area contributed by atoms with E-state index in [0.717, 1.165) is 12.1 Å². The molecule has 76 valence electrons. The first kappa shape index (κ1) is 10.7. The number of amides is 1. The van der Waals surface area contributed by atoms with E-state index in [1.807, 2.05) is 18.2 Å². The summed E-state index contributed by atoms with van der Waals surface area (Å²) in [6, 6.07) is 5.68. The average molecular weight is 194 g/mol. The Morgan fingerprint density at radius 2 is 2.36 bits per heavy atom. The number of carbonyl (C=O) groups excluding carboxylic acids is 1. The van der Waals surface area contributed by atoms with Gasteiger partial charge in [-0.3, -0.25) is 9.78 Å². The van der Waals surface area contributed by atoms with Crippen LogP contribution in [0.25, 0.3) is 0 Å². The number of hydrogen-bond donors (Lipinski definition) is 2. The van der Waals surface area contributed by atoms with Gasteiger partial charge in [0.2, 0.25) is 5.91 Å². The predicted molar refractivity (Wildman–Crippen MR) is 52.7 cm³/mol. The lowest BCUT2D eigenvalue weighted by Crippen LogP contribution is -2.26. The fourth-order valence-corrected chi connectivity index (χ4v) is 1.07. The van der Waals surface area contributed by atoms with Crippen LogP contribution in [0.15, 0.2) is 24.4 Å². The Labute approximate surface area is 83.0 Å². The molecule has 0 aliphatic rings. The van der Waals surface area contributed by atoms with Crippen molar-refractivity contribution < 1.29 is 9.90 Å². The molecular formula is C10H14N2O2. The van der Waals surface area contributed by atoms with Gasteiger partial charge in [0.1, 0.15) is 0 Å². The Morgan fingerprint density at radius 1 is 1.50 bits per heavy atom. The van der Waals surface area contributed by atoms with Gasteiger partial charge in [-0.1, -0.05) is 6.07 Å². The van der Waals surface area contributed by atoms with Crippen LogP contribution >= 0.6 is 0 Å². The molecule has 0 bridgehead atoms. The van der Waals surface area contributed by atoms with Crippen LogP contribution in [-0.2, 0) is 11.2 Å². The Hall–Kier alpha value is -1.42. The van der Waals surface area contributed by atoms with Crippen LogP contribution in [0.4, 0.5) is 0 Å². The first-order valence-corrected chi connectivity index (χ1v) is 4.60. The van der Waals surface area contributed by atoms with Crippen molar-refractivity contribution in [3.63, 3.8) is 0 Å². The number of pyridine rings is 1. The Kier molecular flexibility index (Phi) is 4.64. The van der Waals surface area contributed by atoms with Gasteiger partial charge in [0.15, 0.2) is 0 Å². The summed E-state index contributed by atoms with van der Waals surface area (Å²) >= 11 is 0. The summed E-state index contributed by atoms with van der Waals surface area (Å²) in [5.74, 6) is -0.122. The molecule has 1 amide bonds. The van der Waals surface area contributed by atoms with Gasteiger partial charge in [0.25, 0.3) is 0 Å². The summed E-state index contributed by atoms with van der Waals surface area (Å²) in [6.07, 6.45) is 2.62. The summed E-state index contributed by atoms with van der Waals surface area (Å²) in [4.78, 5) is 15.1. The van der Waals surface area contributed by atoms with Gasteiger partial charge in [-0.25, -0.2) is 0 Å². The maximum atomic E-state index is 10.9. The van der Waals surface area contributed by atoms with Crippen LogP contribution in [0, 0.1) is 0 Å². The van der Waals surface area contributed by atoms with Gasteiger partial charge in [0.05, 0.1) is 6.61 Å². The van der Waals surface area contributed by atoms with Gasteiger partial charge >= 0.3 is 0 Å². The first-order valence-electron chi connectivity index (χ1n) is 4.60. The molecule has 1 heterocycles. The highest BCUT2D eigenvalue weighted by Crippen LogP contribution is 1.93. The number of rotatable bonds is 5. The van der Waals surface area contributed by atoms with Crippen LogP contribution in [0.1, 0.15) is 12.1 Å². The standard InChI is InChI=1S/C10H14N2O2/c13-8-5-10(14)12-7-4-9-3-1-2-6-11-9/h1-3,6,13H,4-5,7-8H2,(H,12,14). The number of carbonyl (C=O) groups is 1. The zero-order chi connectivity index (χ0) is 10.2. The van der Waals surface area contributed by atoms with Crippen molar-refractivity contribution >= 4 is 5.91 Å². The summed E-state index contributed by atoms with van der Waals surface area (Å²) < 4.78 is 0. The number of aliphatic hydroxyl groups is 1. The van der Waals surface area contributed by atoms with E-state index in [2.05, 4.69) is 10.3 Å². The molecular weight excluding hydrogens is 180 g/mol. The Bertz CT molecular complexity index is 275. The van der Waals surface area contributed by atoms with Crippen molar-refractivity contribution in [2.45, 2.75) is 12.8 Å². The van der Waals surface area contributed by atoms with E-state index in [-0.39, 0.29) is 18.9 Å². The summed E-state index contributed by atoms with van der Waals surface area (Å²) in [6.45, 7) is 0.464. The van der Waals surface area contributed by atoms with Gasteiger partial charge in [-0.15, -0.1) is 0 Å². The minimum atomic E-state index is -0.122. The molecule has 4 heteroatoms. The molecule has 1 aromatic rings. The topological polar surface area (TPSA) is 62.2 Å². The maximum Gasteiger partial charge on any atom is 0.222 e. The van der Waals surface area contributed by atoms with Crippen molar-refractivity contribution in [3.05, 3.63) is 30.1 Å². The van der Waals surface area contributed by atoms with Crippen LogP contribution in [0.5, 0.6) is 0 Å². The molecule has 0 aromatic carbocycles. The Balaban J connectivity index is 2.19. The SMILES string of the molecule is O=C(CCO)NCCc1ccccn1. The fraction of sp³-hybridized carbons (Fsp3) is 0.400. The Morgan fingerprint density at radius 3 is 3.00 bits per heavy atom. The number of nitrogens with zero attached hydrogens (tertiary/aromatic N) is 1. The van der Waals surface area contributed by atoms with Crippen LogP contribution in [0.2, 0.25) is 0 Å². The zero-order valence-corrected chi connectivity index (χ0v) is 7.94. The van der Waals surface area contributed by atoms with E-state index in [1.165, 1.54) is 0 Å². The van der Waals surface area contributed by atoms with Gasteiger partial charge in [-0.2, -0.15) is 0 Å². The van der Waals surface area contributed by atoms with Crippen LogP contribution in [-0.4, -0.2) is 29.1 Å². The molecule has 0 unspecified atom stereocenters. The lowest BCUT2D eigenvalue weighted by molar-refractivity contribution is -0.121. The third kappa shape index (κ3) is 4.00. The van der Waals surface area contributed by atoms with Crippen molar-refractivity contribution in [3.8, 4) is 0 Å². The molecule has 14 heavy (non-hydrogen) atoms. The summed E-state index contributed by atoms with van der Waals surface area (Å²) in [5.41, 5.74) is 0.955. The van der Waals surface area contributed by atoms with E-state index in [4.69, 9.17) is 5.11 Å². The van der Waals surface area contributed by atoms with Gasteiger partial charge in [-0.05, 0) is 12.1 Å². The molecule has 4 nitrogen and oxygen atoms in total. The molecule has 0 aliphatic carbocycles. The molecule has 2 N–H and O–H groups in total. The monoisotopic (exact) mass is 194 g/mol. The minimum Gasteiger partial charge on any atom is -0.396 e. The molecule has 0 aliphatic heterocycles. The summed E-state index contributed by atoms with van der Waals surface area (Å²) in [7, 11) is 0. The normalized spacial score (nSPS) is 9.79. The van der Waals surface area contributed by atoms with Crippen molar-refractivity contribution in [2.24, 2.45) is 0 Å². The van der Waals surface area contributed by atoms with E-state index < -0.39 is 0 Å². The second-order valence-electron chi connectivity index (χ2n) is 2.89. The van der Waals surface area contributed by atoms with Crippen molar-refractivity contribution in [1.29, 1.82) is 0 Å². The number of nitrogens with one attached hydrogen (secondary N) is 1. The predicted octanol–water partition coefficient (Wildman–Crippen LogP) is 0.123. The van der Waals surface area contributed by atoms with E-state index in [1.54, 1.807) is 6.20 Å². The second kappa shape index (κ2) is 6.10. The highest BCUT2D eigenvalue weighted by atomic mass is 16.3. The van der Waals surface area contributed by atoms with E-state index in [0.29, 0.717) is 6.54 Å². The third-order valence-corrected chi connectivity index (χ3v) is 1.77. The quantitative estimate of drug-likeness (QED) is 0.700. The highest BCUT2D eigenvalue weighted by molar-refractivity contribution is 5.75. The van der Waals surface area contributed by atoms with E-state index in [9.17, 15) is 4.79 Å². The minimum absolute atomic E-state index is 0.102. The summed E-state index contributed by atoms with van der Waals surface area (Å²) in [5, 5.41) is 11.2. The fourth-order valence-electron chi connectivity index (χ4n) is 1.07. The molecule has 1 rings (SSSR count). The molecule has 0 saturated carbocycles. The molecule has 1 aromatic heterocycles. The number of hydrogen-bond acceptors (Lipinski definition) is 3. The molecule has 0 spiro atoms. The van der Waals surface area contributed by atoms with Gasteiger partial charge < -0.3 is 10.4 Å². The smallest absolute Gasteiger partial charge is 0.222 e.